The van der Waals surface area contributed by atoms with Crippen molar-refractivity contribution in [3.05, 3.63) is 34.3 Å². The lowest BCUT2D eigenvalue weighted by Crippen LogP contribution is -2.49. The van der Waals surface area contributed by atoms with Crippen molar-refractivity contribution in [1.82, 2.24) is 9.80 Å². The SMILES string of the molecule is Cc1c(Cl)cccc1C(=O)N1CCN(CCC(=O)O)CC1. The van der Waals surface area contributed by atoms with Gasteiger partial charge in [-0.15, -0.1) is 0 Å². The highest BCUT2D eigenvalue weighted by atomic mass is 35.5. The molecule has 1 aromatic carbocycles. The second-order valence-corrected chi connectivity index (χ2v) is 5.60. The summed E-state index contributed by atoms with van der Waals surface area (Å²) >= 11 is 6.06. The van der Waals surface area contributed by atoms with Crippen molar-refractivity contribution < 1.29 is 14.7 Å². The molecule has 1 heterocycles. The maximum atomic E-state index is 12.5. The molecule has 0 bridgehead atoms. The van der Waals surface area contributed by atoms with Crippen LogP contribution in [0.5, 0.6) is 0 Å². The van der Waals surface area contributed by atoms with E-state index < -0.39 is 5.97 Å². The molecule has 114 valence electrons. The standard InChI is InChI=1S/C15H19ClN2O3/c1-11-12(3-2-4-13(11)16)15(21)18-9-7-17(8-10-18)6-5-14(19)20/h2-4H,5-10H2,1H3,(H,19,20). The highest BCUT2D eigenvalue weighted by Crippen LogP contribution is 2.20. The second-order valence-electron chi connectivity index (χ2n) is 5.19. The number of hydrogen-bond acceptors (Lipinski definition) is 3. The first-order chi connectivity index (χ1) is 9.99. The summed E-state index contributed by atoms with van der Waals surface area (Å²) in [5.41, 5.74) is 1.44. The maximum absolute atomic E-state index is 12.5. The summed E-state index contributed by atoms with van der Waals surface area (Å²) in [6, 6.07) is 5.35. The summed E-state index contributed by atoms with van der Waals surface area (Å²) in [6.07, 6.45) is 0.140. The van der Waals surface area contributed by atoms with Crippen LogP contribution >= 0.6 is 11.6 Å². The van der Waals surface area contributed by atoms with Gasteiger partial charge in [0.25, 0.3) is 5.91 Å². The van der Waals surface area contributed by atoms with Gasteiger partial charge in [0.05, 0.1) is 6.42 Å². The first kappa shape index (κ1) is 15.8. The normalized spacial score (nSPS) is 16.0. The zero-order valence-electron chi connectivity index (χ0n) is 12.0. The van der Waals surface area contributed by atoms with Gasteiger partial charge in [0.1, 0.15) is 0 Å². The molecule has 0 aromatic heterocycles. The van der Waals surface area contributed by atoms with E-state index in [4.69, 9.17) is 16.7 Å². The van der Waals surface area contributed by atoms with Crippen molar-refractivity contribution >= 4 is 23.5 Å². The van der Waals surface area contributed by atoms with E-state index in [0.29, 0.717) is 43.3 Å². The number of hydrogen-bond donors (Lipinski definition) is 1. The summed E-state index contributed by atoms with van der Waals surface area (Å²) in [5, 5.41) is 9.28. The van der Waals surface area contributed by atoms with Gasteiger partial charge in [-0.05, 0) is 24.6 Å². The summed E-state index contributed by atoms with van der Waals surface area (Å²) in [4.78, 5) is 26.9. The van der Waals surface area contributed by atoms with Crippen molar-refractivity contribution in [3.8, 4) is 0 Å². The lowest BCUT2D eigenvalue weighted by atomic mass is 10.1. The Morgan fingerprint density at radius 2 is 1.90 bits per heavy atom. The highest BCUT2D eigenvalue weighted by Gasteiger charge is 2.23. The zero-order valence-corrected chi connectivity index (χ0v) is 12.8. The molecule has 5 nitrogen and oxygen atoms in total. The molecular formula is C15H19ClN2O3. The topological polar surface area (TPSA) is 60.9 Å². The first-order valence-electron chi connectivity index (χ1n) is 6.97. The predicted octanol–water partition coefficient (Wildman–Crippen LogP) is 1.88. The van der Waals surface area contributed by atoms with Gasteiger partial charge in [-0.3, -0.25) is 14.5 Å². The molecule has 21 heavy (non-hydrogen) atoms. The fraction of sp³-hybridized carbons (Fsp3) is 0.467. The number of halogens is 1. The van der Waals surface area contributed by atoms with Crippen LogP contribution in [-0.4, -0.2) is 59.5 Å². The molecule has 2 rings (SSSR count). The Kier molecular flexibility index (Phi) is 5.20. The Morgan fingerprint density at radius 3 is 2.52 bits per heavy atom. The number of carboxylic acids is 1. The highest BCUT2D eigenvalue weighted by molar-refractivity contribution is 6.31. The molecule has 1 fully saturated rings. The summed E-state index contributed by atoms with van der Waals surface area (Å²) in [7, 11) is 0. The van der Waals surface area contributed by atoms with Crippen molar-refractivity contribution in [3.63, 3.8) is 0 Å². The Morgan fingerprint density at radius 1 is 1.24 bits per heavy atom. The summed E-state index contributed by atoms with van der Waals surface area (Å²) in [5.74, 6) is -0.795. The Bertz CT molecular complexity index is 540. The fourth-order valence-electron chi connectivity index (χ4n) is 2.44. The molecule has 1 aliphatic rings. The minimum absolute atomic E-state index is 0.00659. The van der Waals surface area contributed by atoms with Crippen LogP contribution in [0, 0.1) is 6.92 Å². The maximum Gasteiger partial charge on any atom is 0.304 e. The second kappa shape index (κ2) is 6.91. The van der Waals surface area contributed by atoms with Crippen molar-refractivity contribution in [2.75, 3.05) is 32.7 Å². The van der Waals surface area contributed by atoms with Crippen LogP contribution in [0.2, 0.25) is 5.02 Å². The van der Waals surface area contributed by atoms with Gasteiger partial charge in [0.2, 0.25) is 0 Å². The van der Waals surface area contributed by atoms with Crippen LogP contribution in [0.15, 0.2) is 18.2 Å². The Labute approximate surface area is 129 Å². The molecule has 0 atom stereocenters. The van der Waals surface area contributed by atoms with E-state index in [-0.39, 0.29) is 12.3 Å². The third-order valence-corrected chi connectivity index (χ3v) is 4.21. The van der Waals surface area contributed by atoms with Crippen molar-refractivity contribution in [1.29, 1.82) is 0 Å². The van der Waals surface area contributed by atoms with E-state index in [1.54, 1.807) is 23.1 Å². The molecule has 1 saturated heterocycles. The van der Waals surface area contributed by atoms with E-state index in [2.05, 4.69) is 4.90 Å². The van der Waals surface area contributed by atoms with Gasteiger partial charge in [-0.1, -0.05) is 17.7 Å². The monoisotopic (exact) mass is 310 g/mol. The van der Waals surface area contributed by atoms with Gasteiger partial charge in [-0.2, -0.15) is 0 Å². The third-order valence-electron chi connectivity index (χ3n) is 3.80. The fourth-order valence-corrected chi connectivity index (χ4v) is 2.61. The largest absolute Gasteiger partial charge is 0.481 e. The number of aliphatic carboxylic acids is 1. The number of piperazine rings is 1. The van der Waals surface area contributed by atoms with Crippen LogP contribution in [0.25, 0.3) is 0 Å². The number of rotatable bonds is 4. The van der Waals surface area contributed by atoms with Gasteiger partial charge in [0.15, 0.2) is 0 Å². The molecule has 0 radical (unpaired) electrons. The van der Waals surface area contributed by atoms with E-state index >= 15 is 0 Å². The summed E-state index contributed by atoms with van der Waals surface area (Å²) in [6.45, 7) is 5.03. The van der Waals surface area contributed by atoms with Crippen LogP contribution in [0.1, 0.15) is 22.3 Å². The Balaban J connectivity index is 1.94. The molecule has 6 heteroatoms. The molecule has 1 aliphatic heterocycles. The average molecular weight is 311 g/mol. The number of nitrogens with zero attached hydrogens (tertiary/aromatic N) is 2. The number of carboxylic acid groups (broad SMARTS) is 1. The number of carbonyl (C=O) groups excluding carboxylic acids is 1. The molecule has 0 spiro atoms. The molecule has 0 aliphatic carbocycles. The van der Waals surface area contributed by atoms with Crippen molar-refractivity contribution in [2.24, 2.45) is 0 Å². The minimum atomic E-state index is -0.789. The van der Waals surface area contributed by atoms with E-state index in [1.165, 1.54) is 0 Å². The van der Waals surface area contributed by atoms with Gasteiger partial charge in [0, 0.05) is 43.3 Å². The smallest absolute Gasteiger partial charge is 0.304 e. The predicted molar refractivity (Wildman–Crippen MR) is 80.8 cm³/mol. The Hall–Kier alpha value is -1.59. The van der Waals surface area contributed by atoms with Crippen LogP contribution in [0.4, 0.5) is 0 Å². The molecule has 1 amide bonds. The zero-order chi connectivity index (χ0) is 15.4. The lowest BCUT2D eigenvalue weighted by molar-refractivity contribution is -0.137. The minimum Gasteiger partial charge on any atom is -0.481 e. The molecule has 1 N–H and O–H groups in total. The van der Waals surface area contributed by atoms with E-state index in [1.807, 2.05) is 6.92 Å². The van der Waals surface area contributed by atoms with Gasteiger partial charge >= 0.3 is 5.97 Å². The quantitative estimate of drug-likeness (QED) is 0.922. The van der Waals surface area contributed by atoms with Crippen LogP contribution in [0.3, 0.4) is 0 Å². The van der Waals surface area contributed by atoms with Crippen LogP contribution < -0.4 is 0 Å². The third kappa shape index (κ3) is 3.95. The number of carbonyl (C=O) groups is 2. The van der Waals surface area contributed by atoms with Gasteiger partial charge < -0.3 is 10.0 Å². The molecule has 0 unspecified atom stereocenters. The van der Waals surface area contributed by atoms with Crippen LogP contribution in [-0.2, 0) is 4.79 Å². The molecule has 0 saturated carbocycles. The number of amides is 1. The molecule has 1 aromatic rings. The lowest BCUT2D eigenvalue weighted by Gasteiger charge is -2.34. The van der Waals surface area contributed by atoms with E-state index in [0.717, 1.165) is 5.56 Å². The van der Waals surface area contributed by atoms with Crippen molar-refractivity contribution in [2.45, 2.75) is 13.3 Å². The molecular weight excluding hydrogens is 292 g/mol. The van der Waals surface area contributed by atoms with Gasteiger partial charge in [-0.25, -0.2) is 0 Å². The number of benzene rings is 1. The first-order valence-corrected chi connectivity index (χ1v) is 7.35. The van der Waals surface area contributed by atoms with E-state index in [9.17, 15) is 9.59 Å². The summed E-state index contributed by atoms with van der Waals surface area (Å²) < 4.78 is 0. The average Bonchev–Trinajstić information content (AvgIpc) is 2.48.